The molecule has 0 unspecified atom stereocenters. The lowest BCUT2D eigenvalue weighted by Gasteiger charge is -2.11. The Bertz CT molecular complexity index is 655. The van der Waals surface area contributed by atoms with Crippen LogP contribution in [0.15, 0.2) is 24.3 Å². The molecule has 0 saturated heterocycles. The second-order valence-electron chi connectivity index (χ2n) is 4.03. The van der Waals surface area contributed by atoms with Gasteiger partial charge in [-0.15, -0.1) is 0 Å². The Labute approximate surface area is 167 Å². The predicted molar refractivity (Wildman–Crippen MR) is 112 cm³/mol. The van der Waals surface area contributed by atoms with Crippen LogP contribution in [0, 0.1) is 32.5 Å². The minimum Gasteiger partial charge on any atom is -0.192 e. The monoisotopic (exact) mass is 697 g/mol. The summed E-state index contributed by atoms with van der Waals surface area (Å²) in [6.07, 6.45) is 0. The summed E-state index contributed by atoms with van der Waals surface area (Å²) in [7, 11) is 0. The molecule has 0 heterocycles. The number of hydrogen-bond acceptors (Lipinski definition) is 1. The van der Waals surface area contributed by atoms with E-state index in [0.29, 0.717) is 0 Å². The number of halogens is 4. The van der Waals surface area contributed by atoms with Crippen molar-refractivity contribution in [2.45, 2.75) is 6.92 Å². The first-order valence-corrected chi connectivity index (χ1v) is 9.60. The molecule has 0 bridgehead atoms. The number of nitrogens with zero attached hydrogens (tertiary/aromatic N) is 1. The molecule has 0 radical (unpaired) electrons. The van der Waals surface area contributed by atoms with Gasteiger partial charge in [0.25, 0.3) is 0 Å². The average molecular weight is 697 g/mol. The van der Waals surface area contributed by atoms with Gasteiger partial charge in [-0.2, -0.15) is 5.26 Å². The van der Waals surface area contributed by atoms with Gasteiger partial charge in [0, 0.05) is 19.8 Å². The Hall–Kier alpha value is 0.850. The maximum absolute atomic E-state index is 9.14. The molecule has 0 atom stereocenters. The van der Waals surface area contributed by atoms with Gasteiger partial charge in [-0.05, 0) is 133 Å². The summed E-state index contributed by atoms with van der Waals surface area (Å²) in [5.74, 6) is 0. The minimum absolute atomic E-state index is 0.766. The number of benzene rings is 2. The zero-order valence-electron chi connectivity index (χ0n) is 9.77. The third-order valence-electron chi connectivity index (χ3n) is 2.63. The Morgan fingerprint density at radius 3 is 1.74 bits per heavy atom. The predicted octanol–water partition coefficient (Wildman–Crippen LogP) is 5.95. The second kappa shape index (κ2) is 6.74. The number of hydrogen-bond donors (Lipinski definition) is 0. The van der Waals surface area contributed by atoms with E-state index in [2.05, 4.69) is 128 Å². The summed E-state index contributed by atoms with van der Waals surface area (Å²) >= 11 is 9.24. The second-order valence-corrected chi connectivity index (χ2v) is 8.68. The van der Waals surface area contributed by atoms with Gasteiger partial charge in [-0.3, -0.25) is 0 Å². The summed E-state index contributed by atoms with van der Waals surface area (Å²) in [5.41, 5.74) is 4.48. The fourth-order valence-electron chi connectivity index (χ4n) is 1.80. The van der Waals surface area contributed by atoms with Crippen LogP contribution in [-0.2, 0) is 0 Å². The third kappa shape index (κ3) is 3.55. The Balaban J connectivity index is 2.71. The first-order valence-electron chi connectivity index (χ1n) is 5.29. The summed E-state index contributed by atoms with van der Waals surface area (Å²) in [6.45, 7) is 2.11. The molecule has 0 saturated carbocycles. The fraction of sp³-hybridized carbons (Fsp3) is 0.0714. The van der Waals surface area contributed by atoms with Gasteiger partial charge < -0.3 is 0 Å². The van der Waals surface area contributed by atoms with Gasteiger partial charge in [0.05, 0.1) is 5.56 Å². The molecule has 0 spiro atoms. The van der Waals surface area contributed by atoms with Crippen molar-refractivity contribution < 1.29 is 0 Å². The van der Waals surface area contributed by atoms with E-state index in [1.54, 1.807) is 0 Å². The Morgan fingerprint density at radius 2 is 1.32 bits per heavy atom. The summed E-state index contributed by atoms with van der Waals surface area (Å²) in [5, 5.41) is 9.14. The van der Waals surface area contributed by atoms with Crippen molar-refractivity contribution in [3.05, 3.63) is 49.7 Å². The highest BCUT2D eigenvalue weighted by Crippen LogP contribution is 2.34. The first kappa shape index (κ1) is 16.2. The summed E-state index contributed by atoms with van der Waals surface area (Å²) in [6, 6.07) is 10.8. The molecule has 19 heavy (non-hydrogen) atoms. The molecule has 0 fully saturated rings. The Morgan fingerprint density at radius 1 is 0.842 bits per heavy atom. The molecule has 0 aliphatic heterocycles. The van der Waals surface area contributed by atoms with E-state index in [9.17, 15) is 0 Å². The smallest absolute Gasteiger partial charge is 0.101 e. The minimum atomic E-state index is 0.766. The van der Waals surface area contributed by atoms with Crippen LogP contribution in [0.1, 0.15) is 11.1 Å². The van der Waals surface area contributed by atoms with Crippen molar-refractivity contribution in [3.8, 4) is 17.2 Å². The van der Waals surface area contributed by atoms with Gasteiger partial charge in [0.2, 0.25) is 0 Å². The summed E-state index contributed by atoms with van der Waals surface area (Å²) in [4.78, 5) is 0. The Kier molecular flexibility index (Phi) is 5.76. The van der Waals surface area contributed by atoms with Crippen molar-refractivity contribution in [1.29, 1.82) is 5.26 Å². The summed E-state index contributed by atoms with van der Waals surface area (Å²) < 4.78 is 4.51. The maximum Gasteiger partial charge on any atom is 0.101 e. The quantitative estimate of drug-likeness (QED) is 0.339. The van der Waals surface area contributed by atoms with E-state index in [0.717, 1.165) is 12.7 Å². The normalized spacial score (nSPS) is 10.3. The van der Waals surface area contributed by atoms with Crippen LogP contribution in [0.3, 0.4) is 0 Å². The molecule has 0 aliphatic carbocycles. The molecule has 0 aliphatic rings. The van der Waals surface area contributed by atoms with E-state index in [4.69, 9.17) is 5.26 Å². The number of rotatable bonds is 1. The SMILES string of the molecule is Cc1cc(I)c(-c2cc(I)c(C#N)c(I)c2)c(I)c1. The van der Waals surface area contributed by atoms with E-state index in [1.165, 1.54) is 23.8 Å². The maximum atomic E-state index is 9.14. The van der Waals surface area contributed by atoms with Crippen molar-refractivity contribution in [1.82, 2.24) is 0 Å². The van der Waals surface area contributed by atoms with Gasteiger partial charge in [-0.1, -0.05) is 0 Å². The molecule has 0 N–H and O–H groups in total. The standard InChI is InChI=1S/C14H7I4N/c1-7-2-12(17)14(13(18)3-7)8-4-10(15)9(6-19)11(16)5-8/h2-5H,1H3. The van der Waals surface area contributed by atoms with Crippen LogP contribution in [0.5, 0.6) is 0 Å². The molecular weight excluding hydrogens is 690 g/mol. The molecule has 2 aromatic carbocycles. The lowest BCUT2D eigenvalue weighted by atomic mass is 10.0. The molecule has 5 heteroatoms. The largest absolute Gasteiger partial charge is 0.192 e. The molecular formula is C14H7I4N. The van der Waals surface area contributed by atoms with Gasteiger partial charge >= 0.3 is 0 Å². The molecule has 2 rings (SSSR count). The zero-order chi connectivity index (χ0) is 14.2. The lowest BCUT2D eigenvalue weighted by molar-refractivity contribution is 1.40. The molecule has 0 amide bonds. The van der Waals surface area contributed by atoms with Crippen molar-refractivity contribution >= 4 is 90.4 Å². The third-order valence-corrected chi connectivity index (χ3v) is 6.03. The van der Waals surface area contributed by atoms with E-state index in [1.807, 2.05) is 0 Å². The van der Waals surface area contributed by atoms with Crippen LogP contribution in [0.25, 0.3) is 11.1 Å². The number of aryl methyl sites for hydroxylation is 1. The molecule has 2 aromatic rings. The molecule has 1 nitrogen and oxygen atoms in total. The highest BCUT2D eigenvalue weighted by molar-refractivity contribution is 14.1. The van der Waals surface area contributed by atoms with Crippen molar-refractivity contribution in [3.63, 3.8) is 0 Å². The van der Waals surface area contributed by atoms with Crippen molar-refractivity contribution in [2.75, 3.05) is 0 Å². The fourth-order valence-corrected chi connectivity index (χ4v) is 6.51. The van der Waals surface area contributed by atoms with E-state index >= 15 is 0 Å². The number of nitriles is 1. The first-order chi connectivity index (χ1) is 8.93. The van der Waals surface area contributed by atoms with Crippen LogP contribution >= 0.6 is 90.4 Å². The van der Waals surface area contributed by atoms with Crippen LogP contribution in [0.2, 0.25) is 0 Å². The van der Waals surface area contributed by atoms with Gasteiger partial charge in [0.1, 0.15) is 6.07 Å². The van der Waals surface area contributed by atoms with Gasteiger partial charge in [-0.25, -0.2) is 0 Å². The van der Waals surface area contributed by atoms with Crippen LogP contribution in [0.4, 0.5) is 0 Å². The molecule has 96 valence electrons. The van der Waals surface area contributed by atoms with Crippen LogP contribution in [-0.4, -0.2) is 0 Å². The van der Waals surface area contributed by atoms with E-state index in [-0.39, 0.29) is 0 Å². The van der Waals surface area contributed by atoms with Crippen LogP contribution < -0.4 is 0 Å². The van der Waals surface area contributed by atoms with Crippen molar-refractivity contribution in [2.24, 2.45) is 0 Å². The lowest BCUT2D eigenvalue weighted by Crippen LogP contribution is -1.94. The van der Waals surface area contributed by atoms with Gasteiger partial charge in [0.15, 0.2) is 0 Å². The topological polar surface area (TPSA) is 23.8 Å². The van der Waals surface area contributed by atoms with E-state index < -0.39 is 0 Å². The average Bonchev–Trinajstić information content (AvgIpc) is 2.26. The highest BCUT2D eigenvalue weighted by Gasteiger charge is 2.13. The highest BCUT2D eigenvalue weighted by atomic mass is 127. The molecule has 0 aromatic heterocycles. The zero-order valence-corrected chi connectivity index (χ0v) is 18.4.